The molecule has 0 amide bonds. The first kappa shape index (κ1) is 13.1. The van der Waals surface area contributed by atoms with Gasteiger partial charge in [-0.2, -0.15) is 0 Å². The topological polar surface area (TPSA) is 42.2 Å². The van der Waals surface area contributed by atoms with E-state index in [1.54, 1.807) is 18.5 Å². The van der Waals surface area contributed by atoms with E-state index in [2.05, 4.69) is 29.0 Å². The molecule has 5 heteroatoms. The quantitative estimate of drug-likeness (QED) is 0.750. The molecule has 0 aliphatic carbocycles. The van der Waals surface area contributed by atoms with Crippen molar-refractivity contribution in [3.8, 4) is 0 Å². The first-order valence-electron chi connectivity index (χ1n) is 5.92. The minimum atomic E-state index is 0.715. The number of rotatable bonds is 6. The molecule has 2 heterocycles. The van der Waals surface area contributed by atoms with Crippen molar-refractivity contribution >= 4 is 11.8 Å². The highest BCUT2D eigenvalue weighted by molar-refractivity contribution is 7.99. The third-order valence-electron chi connectivity index (χ3n) is 2.40. The maximum Gasteiger partial charge on any atom is 0.195 e. The second-order valence-electron chi connectivity index (χ2n) is 4.26. The van der Waals surface area contributed by atoms with Crippen LogP contribution >= 0.6 is 11.8 Å². The Bertz CT molecular complexity index is 470. The molecule has 0 saturated heterocycles. The van der Waals surface area contributed by atoms with Gasteiger partial charge >= 0.3 is 0 Å². The highest BCUT2D eigenvalue weighted by Crippen LogP contribution is 2.26. The Balaban J connectivity index is 1.86. The van der Waals surface area contributed by atoms with Crippen LogP contribution in [-0.2, 0) is 6.42 Å². The summed E-state index contributed by atoms with van der Waals surface area (Å²) in [6.07, 6.45) is 5.54. The molecule has 0 fully saturated rings. The third-order valence-corrected chi connectivity index (χ3v) is 3.21. The summed E-state index contributed by atoms with van der Waals surface area (Å²) in [5, 5.41) is 1.56. The van der Waals surface area contributed by atoms with Gasteiger partial charge in [-0.05, 0) is 57.0 Å². The maximum absolute atomic E-state index is 5.73. The molecule has 0 spiro atoms. The van der Waals surface area contributed by atoms with E-state index in [9.17, 15) is 0 Å². The molecule has 0 atom stereocenters. The number of nitrogens with zero attached hydrogens (tertiary/aromatic N) is 3. The van der Waals surface area contributed by atoms with Crippen molar-refractivity contribution in [2.24, 2.45) is 0 Å². The van der Waals surface area contributed by atoms with Gasteiger partial charge < -0.3 is 9.32 Å². The fraction of sp³-hybridized carbons (Fsp3) is 0.385. The summed E-state index contributed by atoms with van der Waals surface area (Å²) in [6.45, 7) is 1.07. The zero-order valence-electron chi connectivity index (χ0n) is 10.7. The lowest BCUT2D eigenvalue weighted by Gasteiger charge is -2.07. The van der Waals surface area contributed by atoms with E-state index in [0.717, 1.165) is 30.2 Å². The molecule has 2 aromatic heterocycles. The largest absolute Gasteiger partial charge is 0.454 e. The van der Waals surface area contributed by atoms with E-state index in [1.807, 2.05) is 12.1 Å². The average Bonchev–Trinajstić information content (AvgIpc) is 2.78. The fourth-order valence-electron chi connectivity index (χ4n) is 1.55. The molecule has 0 aliphatic rings. The van der Waals surface area contributed by atoms with E-state index in [-0.39, 0.29) is 0 Å². The van der Waals surface area contributed by atoms with Gasteiger partial charge in [0.1, 0.15) is 5.76 Å². The number of aryl methyl sites for hydroxylation is 1. The molecule has 4 nitrogen and oxygen atoms in total. The summed E-state index contributed by atoms with van der Waals surface area (Å²) in [7, 11) is 4.16. The molecule has 2 aromatic rings. The van der Waals surface area contributed by atoms with Crippen LogP contribution in [0.3, 0.4) is 0 Å². The Morgan fingerprint density at radius 1 is 1.22 bits per heavy atom. The fourth-order valence-corrected chi connectivity index (χ4v) is 2.24. The average molecular weight is 263 g/mol. The first-order chi connectivity index (χ1) is 8.74. The second kappa shape index (κ2) is 6.56. The molecule has 0 unspecified atom stereocenters. The molecule has 0 radical (unpaired) electrons. The van der Waals surface area contributed by atoms with Crippen molar-refractivity contribution in [1.82, 2.24) is 14.9 Å². The number of hydrogen-bond acceptors (Lipinski definition) is 5. The van der Waals surface area contributed by atoms with Crippen LogP contribution in [0.2, 0.25) is 0 Å². The minimum Gasteiger partial charge on any atom is -0.454 e. The Morgan fingerprint density at radius 2 is 2.00 bits per heavy atom. The summed E-state index contributed by atoms with van der Waals surface area (Å²) >= 11 is 1.45. The standard InChI is InChI=1S/C13H17N3OS/c1-16(2)10-3-5-11-6-7-12(17-11)18-13-14-8-4-9-15-13/h4,6-9H,3,5,10H2,1-2H3. The van der Waals surface area contributed by atoms with Gasteiger partial charge in [0, 0.05) is 18.8 Å². The van der Waals surface area contributed by atoms with Gasteiger partial charge in [0.05, 0.1) is 0 Å². The predicted octanol–water partition coefficient (Wildman–Crippen LogP) is 2.72. The zero-order valence-corrected chi connectivity index (χ0v) is 11.5. The van der Waals surface area contributed by atoms with Gasteiger partial charge in [0.15, 0.2) is 10.2 Å². The van der Waals surface area contributed by atoms with Crippen molar-refractivity contribution in [3.05, 3.63) is 36.4 Å². The number of aromatic nitrogens is 2. The summed E-state index contributed by atoms with van der Waals surface area (Å²) in [4.78, 5) is 10.5. The molecule has 96 valence electrons. The lowest BCUT2D eigenvalue weighted by molar-refractivity contribution is 0.378. The van der Waals surface area contributed by atoms with Crippen LogP contribution in [0.1, 0.15) is 12.2 Å². The van der Waals surface area contributed by atoms with Crippen LogP contribution in [0, 0.1) is 0 Å². The predicted molar refractivity (Wildman–Crippen MR) is 71.7 cm³/mol. The van der Waals surface area contributed by atoms with E-state index in [0.29, 0.717) is 5.16 Å². The lowest BCUT2D eigenvalue weighted by atomic mass is 10.2. The lowest BCUT2D eigenvalue weighted by Crippen LogP contribution is -2.13. The second-order valence-corrected chi connectivity index (χ2v) is 5.23. The molecule has 18 heavy (non-hydrogen) atoms. The van der Waals surface area contributed by atoms with Gasteiger partial charge in [-0.3, -0.25) is 0 Å². The SMILES string of the molecule is CN(C)CCCc1ccc(Sc2ncccn2)o1. The Labute approximate surface area is 111 Å². The highest BCUT2D eigenvalue weighted by atomic mass is 32.2. The molecule has 0 N–H and O–H groups in total. The first-order valence-corrected chi connectivity index (χ1v) is 6.74. The van der Waals surface area contributed by atoms with Crippen LogP contribution in [0.25, 0.3) is 0 Å². The third kappa shape index (κ3) is 4.16. The molecular weight excluding hydrogens is 246 g/mol. The van der Waals surface area contributed by atoms with E-state index in [4.69, 9.17) is 4.42 Å². The monoisotopic (exact) mass is 263 g/mol. The maximum atomic E-state index is 5.73. The molecular formula is C13H17N3OS. The molecule has 0 saturated carbocycles. The van der Waals surface area contributed by atoms with Crippen molar-refractivity contribution in [3.63, 3.8) is 0 Å². The Hall–Kier alpha value is -1.33. The molecule has 0 aliphatic heterocycles. The zero-order chi connectivity index (χ0) is 12.8. The summed E-state index contributed by atoms with van der Waals surface area (Å²) in [5.74, 6) is 1.02. The molecule has 2 rings (SSSR count). The van der Waals surface area contributed by atoms with E-state index >= 15 is 0 Å². The number of furan rings is 1. The van der Waals surface area contributed by atoms with Crippen LogP contribution < -0.4 is 0 Å². The molecule has 0 aromatic carbocycles. The van der Waals surface area contributed by atoms with Crippen LogP contribution in [0.4, 0.5) is 0 Å². The number of hydrogen-bond donors (Lipinski definition) is 0. The van der Waals surface area contributed by atoms with Crippen LogP contribution in [0.5, 0.6) is 0 Å². The Kier molecular flexibility index (Phi) is 4.78. The van der Waals surface area contributed by atoms with Gasteiger partial charge in [0.2, 0.25) is 0 Å². The van der Waals surface area contributed by atoms with Crippen LogP contribution in [0.15, 0.2) is 45.3 Å². The van der Waals surface area contributed by atoms with E-state index < -0.39 is 0 Å². The van der Waals surface area contributed by atoms with Gasteiger partial charge in [-0.25, -0.2) is 9.97 Å². The van der Waals surface area contributed by atoms with E-state index in [1.165, 1.54) is 11.8 Å². The van der Waals surface area contributed by atoms with Crippen molar-refractivity contribution in [1.29, 1.82) is 0 Å². The van der Waals surface area contributed by atoms with Gasteiger partial charge in [0.25, 0.3) is 0 Å². The summed E-state index contributed by atoms with van der Waals surface area (Å²) in [6, 6.07) is 5.81. The van der Waals surface area contributed by atoms with Gasteiger partial charge in [-0.15, -0.1) is 0 Å². The summed E-state index contributed by atoms with van der Waals surface area (Å²) < 4.78 is 5.73. The van der Waals surface area contributed by atoms with Gasteiger partial charge in [-0.1, -0.05) is 0 Å². The van der Waals surface area contributed by atoms with Crippen LogP contribution in [-0.4, -0.2) is 35.5 Å². The van der Waals surface area contributed by atoms with Crippen molar-refractivity contribution in [2.45, 2.75) is 23.1 Å². The Morgan fingerprint density at radius 3 is 2.72 bits per heavy atom. The highest BCUT2D eigenvalue weighted by Gasteiger charge is 2.05. The minimum absolute atomic E-state index is 0.715. The van der Waals surface area contributed by atoms with Crippen molar-refractivity contribution in [2.75, 3.05) is 20.6 Å². The van der Waals surface area contributed by atoms with Crippen molar-refractivity contribution < 1.29 is 4.42 Å². The smallest absolute Gasteiger partial charge is 0.195 e. The summed E-state index contributed by atoms with van der Waals surface area (Å²) in [5.41, 5.74) is 0. The normalized spacial score (nSPS) is 11.1. The molecule has 0 bridgehead atoms.